The van der Waals surface area contributed by atoms with Gasteiger partial charge in [0.15, 0.2) is 0 Å². The predicted octanol–water partition coefficient (Wildman–Crippen LogP) is 3.93. The Labute approximate surface area is 120 Å². The van der Waals surface area contributed by atoms with E-state index in [9.17, 15) is 4.39 Å². The van der Waals surface area contributed by atoms with Crippen molar-refractivity contribution in [1.82, 2.24) is 10.3 Å². The van der Waals surface area contributed by atoms with Crippen LogP contribution in [-0.4, -0.2) is 11.5 Å². The van der Waals surface area contributed by atoms with Gasteiger partial charge < -0.3 is 5.32 Å². The van der Waals surface area contributed by atoms with Crippen LogP contribution in [0.4, 0.5) is 4.39 Å². The fourth-order valence-corrected chi connectivity index (χ4v) is 2.54. The number of aryl methyl sites for hydroxylation is 2. The molecule has 0 saturated carbocycles. The normalized spacial score (nSPS) is 12.4. The van der Waals surface area contributed by atoms with Gasteiger partial charge in [0.05, 0.1) is 12.2 Å². The first-order valence-corrected chi connectivity index (χ1v) is 7.03. The number of nitrogens with zero attached hydrogens (tertiary/aromatic N) is 1. The maximum Gasteiger partial charge on any atom is 0.141 e. The molecular weight excluding hydrogens is 251 g/mol. The number of hydrogen-bond acceptors (Lipinski definition) is 2. The molecule has 0 spiro atoms. The second kappa shape index (κ2) is 6.62. The summed E-state index contributed by atoms with van der Waals surface area (Å²) in [6, 6.07) is 7.78. The summed E-state index contributed by atoms with van der Waals surface area (Å²) in [5.74, 6) is -0.294. The zero-order chi connectivity index (χ0) is 14.5. The molecule has 0 radical (unpaired) electrons. The number of aromatic nitrogens is 1. The smallest absolute Gasteiger partial charge is 0.141 e. The van der Waals surface area contributed by atoms with Gasteiger partial charge in [0.25, 0.3) is 0 Å². The minimum absolute atomic E-state index is 0.0145. The Hall–Kier alpha value is -1.74. The topological polar surface area (TPSA) is 24.9 Å². The molecule has 0 fully saturated rings. The van der Waals surface area contributed by atoms with Gasteiger partial charge in [-0.15, -0.1) is 0 Å². The van der Waals surface area contributed by atoms with E-state index in [1.165, 1.54) is 22.9 Å². The van der Waals surface area contributed by atoms with Crippen molar-refractivity contribution >= 4 is 0 Å². The summed E-state index contributed by atoms with van der Waals surface area (Å²) in [7, 11) is 0. The Morgan fingerprint density at radius 1 is 1.20 bits per heavy atom. The van der Waals surface area contributed by atoms with Crippen LogP contribution in [0.5, 0.6) is 0 Å². The highest BCUT2D eigenvalue weighted by Crippen LogP contribution is 2.27. The first-order valence-electron chi connectivity index (χ1n) is 7.03. The van der Waals surface area contributed by atoms with Crippen LogP contribution in [0.25, 0.3) is 0 Å². The molecule has 2 aromatic rings. The quantitative estimate of drug-likeness (QED) is 0.892. The molecule has 0 aliphatic carbocycles. The summed E-state index contributed by atoms with van der Waals surface area (Å²) in [5, 5.41) is 3.50. The standard InChI is InChI=1S/C17H21FN2/c1-4-8-20-17(14-9-15(18)11-19-10-14)16-12(2)6-5-7-13(16)3/h5-7,9-11,17,20H,4,8H2,1-3H3. The van der Waals surface area contributed by atoms with Crippen LogP contribution in [0, 0.1) is 19.7 Å². The molecule has 0 amide bonds. The van der Waals surface area contributed by atoms with E-state index in [0.29, 0.717) is 0 Å². The third-order valence-electron chi connectivity index (χ3n) is 3.49. The van der Waals surface area contributed by atoms with Gasteiger partial charge >= 0.3 is 0 Å². The number of hydrogen-bond donors (Lipinski definition) is 1. The summed E-state index contributed by atoms with van der Waals surface area (Å²) < 4.78 is 13.5. The molecule has 2 rings (SSSR count). The van der Waals surface area contributed by atoms with Crippen LogP contribution in [0.3, 0.4) is 0 Å². The predicted molar refractivity (Wildman–Crippen MR) is 80.2 cm³/mol. The molecule has 106 valence electrons. The fourth-order valence-electron chi connectivity index (χ4n) is 2.54. The minimum atomic E-state index is -0.294. The summed E-state index contributed by atoms with van der Waals surface area (Å²) in [4.78, 5) is 3.98. The highest BCUT2D eigenvalue weighted by atomic mass is 19.1. The Kier molecular flexibility index (Phi) is 4.85. The Bertz CT molecular complexity index is 561. The van der Waals surface area contributed by atoms with Crippen LogP contribution in [-0.2, 0) is 0 Å². The molecule has 1 unspecified atom stereocenters. The van der Waals surface area contributed by atoms with Crippen LogP contribution >= 0.6 is 0 Å². The van der Waals surface area contributed by atoms with Crippen molar-refractivity contribution in [3.63, 3.8) is 0 Å². The summed E-state index contributed by atoms with van der Waals surface area (Å²) in [6.45, 7) is 7.19. The van der Waals surface area contributed by atoms with Crippen molar-refractivity contribution in [2.45, 2.75) is 33.2 Å². The van der Waals surface area contributed by atoms with Crippen LogP contribution in [0.15, 0.2) is 36.7 Å². The van der Waals surface area contributed by atoms with E-state index in [0.717, 1.165) is 18.5 Å². The molecule has 0 bridgehead atoms. The lowest BCUT2D eigenvalue weighted by Gasteiger charge is -2.23. The first-order chi connectivity index (χ1) is 9.63. The van der Waals surface area contributed by atoms with Crippen molar-refractivity contribution in [2.24, 2.45) is 0 Å². The summed E-state index contributed by atoms with van der Waals surface area (Å²) in [6.07, 6.45) is 4.01. The zero-order valence-corrected chi connectivity index (χ0v) is 12.3. The van der Waals surface area contributed by atoms with E-state index >= 15 is 0 Å². The second-order valence-corrected chi connectivity index (χ2v) is 5.13. The van der Waals surface area contributed by atoms with Crippen LogP contribution < -0.4 is 5.32 Å². The third kappa shape index (κ3) is 3.23. The highest BCUT2D eigenvalue weighted by Gasteiger charge is 2.18. The average Bonchev–Trinajstić information content (AvgIpc) is 2.42. The molecule has 1 heterocycles. The van der Waals surface area contributed by atoms with Gasteiger partial charge in [-0.2, -0.15) is 0 Å². The molecule has 1 atom stereocenters. The molecule has 3 heteroatoms. The Morgan fingerprint density at radius 3 is 2.50 bits per heavy atom. The number of halogens is 1. The van der Waals surface area contributed by atoms with Crippen molar-refractivity contribution in [2.75, 3.05) is 6.54 Å². The van der Waals surface area contributed by atoms with Crippen molar-refractivity contribution in [3.8, 4) is 0 Å². The number of benzene rings is 1. The average molecular weight is 272 g/mol. The van der Waals surface area contributed by atoms with Crippen molar-refractivity contribution in [1.29, 1.82) is 0 Å². The Morgan fingerprint density at radius 2 is 1.90 bits per heavy atom. The fraction of sp³-hybridized carbons (Fsp3) is 0.353. The van der Waals surface area contributed by atoms with E-state index in [1.807, 2.05) is 0 Å². The molecule has 0 saturated heterocycles. The molecular formula is C17H21FN2. The van der Waals surface area contributed by atoms with E-state index in [2.05, 4.69) is 49.3 Å². The lowest BCUT2D eigenvalue weighted by atomic mass is 9.92. The van der Waals surface area contributed by atoms with Crippen molar-refractivity contribution < 1.29 is 4.39 Å². The first kappa shape index (κ1) is 14.7. The van der Waals surface area contributed by atoms with Gasteiger partial charge in [0.1, 0.15) is 5.82 Å². The molecule has 0 aliphatic heterocycles. The monoisotopic (exact) mass is 272 g/mol. The van der Waals surface area contributed by atoms with Gasteiger partial charge in [-0.1, -0.05) is 25.1 Å². The maximum absolute atomic E-state index is 13.5. The molecule has 20 heavy (non-hydrogen) atoms. The lowest BCUT2D eigenvalue weighted by molar-refractivity contribution is 0.577. The third-order valence-corrected chi connectivity index (χ3v) is 3.49. The molecule has 1 aromatic carbocycles. The number of nitrogens with one attached hydrogen (secondary N) is 1. The zero-order valence-electron chi connectivity index (χ0n) is 12.3. The number of rotatable bonds is 5. The highest BCUT2D eigenvalue weighted by molar-refractivity contribution is 5.41. The van der Waals surface area contributed by atoms with E-state index in [4.69, 9.17) is 0 Å². The van der Waals surface area contributed by atoms with E-state index in [-0.39, 0.29) is 11.9 Å². The van der Waals surface area contributed by atoms with Gasteiger partial charge in [-0.05, 0) is 55.1 Å². The molecule has 0 aliphatic rings. The summed E-state index contributed by atoms with van der Waals surface area (Å²) >= 11 is 0. The SMILES string of the molecule is CCCNC(c1cncc(F)c1)c1c(C)cccc1C. The second-order valence-electron chi connectivity index (χ2n) is 5.13. The molecule has 2 nitrogen and oxygen atoms in total. The minimum Gasteiger partial charge on any atom is -0.306 e. The Balaban J connectivity index is 2.47. The van der Waals surface area contributed by atoms with Gasteiger partial charge in [-0.25, -0.2) is 4.39 Å². The lowest BCUT2D eigenvalue weighted by Crippen LogP contribution is -2.25. The number of pyridine rings is 1. The maximum atomic E-state index is 13.5. The van der Waals surface area contributed by atoms with Crippen molar-refractivity contribution in [3.05, 3.63) is 64.7 Å². The van der Waals surface area contributed by atoms with Crippen LogP contribution in [0.2, 0.25) is 0 Å². The van der Waals surface area contributed by atoms with E-state index in [1.54, 1.807) is 12.3 Å². The molecule has 1 aromatic heterocycles. The van der Waals surface area contributed by atoms with Gasteiger partial charge in [0.2, 0.25) is 0 Å². The molecule has 1 N–H and O–H groups in total. The van der Waals surface area contributed by atoms with Gasteiger partial charge in [0, 0.05) is 6.20 Å². The van der Waals surface area contributed by atoms with Crippen LogP contribution in [0.1, 0.15) is 41.6 Å². The largest absolute Gasteiger partial charge is 0.306 e. The van der Waals surface area contributed by atoms with Gasteiger partial charge in [-0.3, -0.25) is 4.98 Å². The summed E-state index contributed by atoms with van der Waals surface area (Å²) in [5.41, 5.74) is 4.51. The van der Waals surface area contributed by atoms with E-state index < -0.39 is 0 Å².